The van der Waals surface area contributed by atoms with Gasteiger partial charge in [-0.05, 0) is 37.6 Å². The Morgan fingerprint density at radius 2 is 2.25 bits per heavy atom. The highest BCUT2D eigenvalue weighted by Crippen LogP contribution is 2.27. The zero-order chi connectivity index (χ0) is 14.5. The molecule has 1 unspecified atom stereocenters. The summed E-state index contributed by atoms with van der Waals surface area (Å²) in [5.74, 6) is 0.00989. The van der Waals surface area contributed by atoms with Gasteiger partial charge in [0.1, 0.15) is 11.8 Å². The summed E-state index contributed by atoms with van der Waals surface area (Å²) in [6.45, 7) is 1.35. The van der Waals surface area contributed by atoms with Gasteiger partial charge in [0.15, 0.2) is 0 Å². The van der Waals surface area contributed by atoms with Crippen molar-refractivity contribution in [3.63, 3.8) is 0 Å². The number of aliphatic carboxylic acids is 1. The smallest absolute Gasteiger partial charge is 0.320 e. The number of hydrogen-bond donors (Lipinski definition) is 1. The summed E-state index contributed by atoms with van der Waals surface area (Å²) >= 11 is 6.03. The first-order valence-electron chi connectivity index (χ1n) is 6.91. The van der Waals surface area contributed by atoms with Crippen molar-refractivity contribution in [2.45, 2.75) is 38.3 Å². The summed E-state index contributed by atoms with van der Waals surface area (Å²) in [6.07, 6.45) is 3.80. The maximum Gasteiger partial charge on any atom is 0.320 e. The highest BCUT2D eigenvalue weighted by atomic mass is 35.5. The number of likely N-dealkylation sites (tertiary alicyclic amines) is 1. The van der Waals surface area contributed by atoms with Gasteiger partial charge in [0.05, 0.1) is 7.11 Å². The molecule has 0 spiro atoms. The average Bonchev–Trinajstić information content (AvgIpc) is 2.64. The summed E-state index contributed by atoms with van der Waals surface area (Å²) in [5.41, 5.74) is 0.938. The molecule has 1 atom stereocenters. The van der Waals surface area contributed by atoms with Crippen molar-refractivity contribution >= 4 is 17.6 Å². The molecule has 1 aliphatic rings. The number of benzene rings is 1. The molecule has 1 aromatic rings. The molecule has 1 aliphatic heterocycles. The molecular weight excluding hydrogens is 278 g/mol. The van der Waals surface area contributed by atoms with E-state index in [4.69, 9.17) is 16.3 Å². The van der Waals surface area contributed by atoms with E-state index in [1.54, 1.807) is 13.2 Å². The molecule has 110 valence electrons. The lowest BCUT2D eigenvalue weighted by atomic mass is 10.1. The predicted octanol–water partition coefficient (Wildman–Crippen LogP) is 3.18. The maximum absolute atomic E-state index is 11.4. The lowest BCUT2D eigenvalue weighted by Gasteiger charge is -2.27. The molecule has 1 fully saturated rings. The van der Waals surface area contributed by atoms with Crippen LogP contribution in [0.1, 0.15) is 31.2 Å². The van der Waals surface area contributed by atoms with E-state index < -0.39 is 12.0 Å². The van der Waals surface area contributed by atoms with Crippen molar-refractivity contribution in [1.29, 1.82) is 0 Å². The number of rotatable bonds is 4. The molecule has 1 heterocycles. The minimum absolute atomic E-state index is 0.416. The number of carboxylic acids is 1. The summed E-state index contributed by atoms with van der Waals surface area (Å²) in [5, 5.41) is 10.0. The third-order valence-corrected chi connectivity index (χ3v) is 4.00. The molecular formula is C15H20ClNO3. The zero-order valence-electron chi connectivity index (χ0n) is 11.6. The number of hydrogen-bond acceptors (Lipinski definition) is 3. The largest absolute Gasteiger partial charge is 0.496 e. The molecule has 4 nitrogen and oxygen atoms in total. The first-order valence-corrected chi connectivity index (χ1v) is 7.29. The molecule has 2 rings (SSSR count). The first kappa shape index (κ1) is 15.1. The van der Waals surface area contributed by atoms with E-state index in [1.807, 2.05) is 17.0 Å². The van der Waals surface area contributed by atoms with Crippen molar-refractivity contribution < 1.29 is 14.6 Å². The third-order valence-electron chi connectivity index (χ3n) is 3.76. The van der Waals surface area contributed by atoms with Crippen LogP contribution in [0.5, 0.6) is 5.75 Å². The van der Waals surface area contributed by atoms with Crippen LogP contribution < -0.4 is 4.74 Å². The molecule has 0 aromatic heterocycles. The molecule has 0 saturated carbocycles. The summed E-state index contributed by atoms with van der Waals surface area (Å²) in [6, 6.07) is 5.04. The van der Waals surface area contributed by atoms with E-state index >= 15 is 0 Å². The monoisotopic (exact) mass is 297 g/mol. The Kier molecular flexibility index (Phi) is 5.26. The normalized spacial score (nSPS) is 20.4. The maximum atomic E-state index is 11.4. The Morgan fingerprint density at radius 3 is 2.95 bits per heavy atom. The lowest BCUT2D eigenvalue weighted by Crippen LogP contribution is -2.40. The minimum Gasteiger partial charge on any atom is -0.496 e. The Bertz CT molecular complexity index is 478. The van der Waals surface area contributed by atoms with Gasteiger partial charge in [0.25, 0.3) is 0 Å². The van der Waals surface area contributed by atoms with Crippen LogP contribution in [0.4, 0.5) is 0 Å². The van der Waals surface area contributed by atoms with E-state index in [9.17, 15) is 9.90 Å². The highest BCUT2D eigenvalue weighted by Gasteiger charge is 2.27. The van der Waals surface area contributed by atoms with Crippen LogP contribution in [0.25, 0.3) is 0 Å². The van der Waals surface area contributed by atoms with E-state index in [0.29, 0.717) is 18.0 Å². The van der Waals surface area contributed by atoms with Gasteiger partial charge in [-0.3, -0.25) is 9.69 Å². The molecule has 0 aliphatic carbocycles. The van der Waals surface area contributed by atoms with Crippen LogP contribution >= 0.6 is 11.6 Å². The Labute approximate surface area is 124 Å². The van der Waals surface area contributed by atoms with E-state index in [2.05, 4.69) is 0 Å². The second-order valence-corrected chi connectivity index (χ2v) is 5.57. The SMILES string of the molecule is COc1ccc(Cl)cc1CN1CCCCCC1C(=O)O. The van der Waals surface area contributed by atoms with Gasteiger partial charge in [-0.15, -0.1) is 0 Å². The number of methoxy groups -OCH3 is 1. The van der Waals surface area contributed by atoms with Gasteiger partial charge < -0.3 is 9.84 Å². The molecule has 1 aromatic carbocycles. The topological polar surface area (TPSA) is 49.8 Å². The van der Waals surface area contributed by atoms with Crippen LogP contribution in [-0.4, -0.2) is 35.7 Å². The van der Waals surface area contributed by atoms with Crippen molar-refractivity contribution in [3.05, 3.63) is 28.8 Å². The predicted molar refractivity (Wildman–Crippen MR) is 78.3 cm³/mol. The zero-order valence-corrected chi connectivity index (χ0v) is 12.4. The molecule has 0 radical (unpaired) electrons. The fourth-order valence-corrected chi connectivity index (χ4v) is 2.92. The number of carboxylic acid groups (broad SMARTS) is 1. The van der Waals surface area contributed by atoms with Gasteiger partial charge in [-0.2, -0.15) is 0 Å². The van der Waals surface area contributed by atoms with Crippen LogP contribution in [-0.2, 0) is 11.3 Å². The minimum atomic E-state index is -0.743. The fraction of sp³-hybridized carbons (Fsp3) is 0.533. The van der Waals surface area contributed by atoms with E-state index in [-0.39, 0.29) is 0 Å². The lowest BCUT2D eigenvalue weighted by molar-refractivity contribution is -0.143. The highest BCUT2D eigenvalue weighted by molar-refractivity contribution is 6.30. The number of carbonyl (C=O) groups is 1. The first-order chi connectivity index (χ1) is 9.61. The Balaban J connectivity index is 2.21. The van der Waals surface area contributed by atoms with Crippen LogP contribution in [0.3, 0.4) is 0 Å². The van der Waals surface area contributed by atoms with Crippen LogP contribution in [0, 0.1) is 0 Å². The van der Waals surface area contributed by atoms with Gasteiger partial charge in [0.2, 0.25) is 0 Å². The Morgan fingerprint density at radius 1 is 1.45 bits per heavy atom. The standard InChI is InChI=1S/C15H20ClNO3/c1-20-14-7-6-12(16)9-11(14)10-17-8-4-2-3-5-13(17)15(18)19/h6-7,9,13H,2-5,8,10H2,1H3,(H,18,19). The van der Waals surface area contributed by atoms with Crippen molar-refractivity contribution in [3.8, 4) is 5.75 Å². The van der Waals surface area contributed by atoms with Crippen molar-refractivity contribution in [2.24, 2.45) is 0 Å². The summed E-state index contributed by atoms with van der Waals surface area (Å²) in [7, 11) is 1.61. The number of halogens is 1. The second kappa shape index (κ2) is 6.95. The summed E-state index contributed by atoms with van der Waals surface area (Å²) in [4.78, 5) is 13.4. The van der Waals surface area contributed by atoms with Crippen LogP contribution in [0.2, 0.25) is 5.02 Å². The Hall–Kier alpha value is -1.26. The average molecular weight is 298 g/mol. The fourth-order valence-electron chi connectivity index (χ4n) is 2.73. The van der Waals surface area contributed by atoms with Gasteiger partial charge in [-0.25, -0.2) is 0 Å². The van der Waals surface area contributed by atoms with Crippen molar-refractivity contribution in [1.82, 2.24) is 4.90 Å². The quantitative estimate of drug-likeness (QED) is 0.927. The second-order valence-electron chi connectivity index (χ2n) is 5.13. The number of nitrogens with zero attached hydrogens (tertiary/aromatic N) is 1. The van der Waals surface area contributed by atoms with E-state index in [0.717, 1.165) is 37.1 Å². The molecule has 0 amide bonds. The molecule has 0 bridgehead atoms. The molecule has 1 N–H and O–H groups in total. The van der Waals surface area contributed by atoms with Crippen LogP contribution in [0.15, 0.2) is 18.2 Å². The third kappa shape index (κ3) is 3.64. The molecule has 5 heteroatoms. The van der Waals surface area contributed by atoms with Gasteiger partial charge in [-0.1, -0.05) is 24.4 Å². The number of ether oxygens (including phenoxy) is 1. The van der Waals surface area contributed by atoms with Gasteiger partial charge in [0, 0.05) is 17.1 Å². The molecule has 1 saturated heterocycles. The summed E-state index contributed by atoms with van der Waals surface area (Å²) < 4.78 is 5.34. The van der Waals surface area contributed by atoms with Gasteiger partial charge >= 0.3 is 5.97 Å². The molecule has 20 heavy (non-hydrogen) atoms. The van der Waals surface area contributed by atoms with Crippen molar-refractivity contribution in [2.75, 3.05) is 13.7 Å². The van der Waals surface area contributed by atoms with E-state index in [1.165, 1.54) is 0 Å².